The van der Waals surface area contributed by atoms with E-state index < -0.39 is 28.4 Å². The van der Waals surface area contributed by atoms with Gasteiger partial charge in [0.2, 0.25) is 0 Å². The van der Waals surface area contributed by atoms with Crippen LogP contribution in [-0.2, 0) is 19.6 Å². The van der Waals surface area contributed by atoms with E-state index in [0.717, 1.165) is 35.7 Å². The van der Waals surface area contributed by atoms with Crippen molar-refractivity contribution in [3.63, 3.8) is 0 Å². The summed E-state index contributed by atoms with van der Waals surface area (Å²) in [5.41, 5.74) is 0.164. The first-order chi connectivity index (χ1) is 12.3. The molecule has 26 heavy (non-hydrogen) atoms. The Kier molecular flexibility index (Phi) is 6.04. The molecule has 0 saturated heterocycles. The maximum atomic E-state index is 13.1. The number of carbonyl (C=O) groups excluding carboxylic acids is 1. The summed E-state index contributed by atoms with van der Waals surface area (Å²) in [7, 11) is -0.152. The van der Waals surface area contributed by atoms with E-state index in [-0.39, 0.29) is 16.3 Å². The van der Waals surface area contributed by atoms with Gasteiger partial charge in [0.25, 0.3) is 10.0 Å². The molecule has 2 aromatic rings. The molecule has 0 spiro atoms. The van der Waals surface area contributed by atoms with Gasteiger partial charge in [-0.3, -0.25) is 9.10 Å². The average molecular weight is 383 g/mol. The molecular formula is C17H18FNO6S. The second-order valence-corrected chi connectivity index (χ2v) is 6.94. The van der Waals surface area contributed by atoms with Crippen molar-refractivity contribution in [2.75, 3.05) is 32.2 Å². The zero-order chi connectivity index (χ0) is 19.3. The lowest BCUT2D eigenvalue weighted by molar-refractivity contribution is -0.138. The van der Waals surface area contributed by atoms with Gasteiger partial charge in [0.1, 0.15) is 12.4 Å². The number of hydrogen-bond donors (Lipinski definition) is 0. The molecule has 0 atom stereocenters. The third kappa shape index (κ3) is 4.05. The van der Waals surface area contributed by atoms with Crippen LogP contribution in [0.3, 0.4) is 0 Å². The summed E-state index contributed by atoms with van der Waals surface area (Å²) in [5, 5.41) is 0. The highest BCUT2D eigenvalue weighted by atomic mass is 32.2. The molecule has 0 aliphatic heterocycles. The molecular weight excluding hydrogens is 365 g/mol. The standard InChI is InChI=1S/C17H18FNO6S/c1-23-15-9-6-13(10-16(15)24-2)19(11-17(20)25-3)26(21,22)14-7-4-12(18)5-8-14/h4-10H,11H2,1-3H3. The Hall–Kier alpha value is -2.81. The molecule has 0 amide bonds. The van der Waals surface area contributed by atoms with Gasteiger partial charge >= 0.3 is 5.97 Å². The molecule has 0 unspecified atom stereocenters. The van der Waals surface area contributed by atoms with E-state index in [1.54, 1.807) is 0 Å². The molecule has 0 N–H and O–H groups in total. The summed E-state index contributed by atoms with van der Waals surface area (Å²) in [6.45, 7) is -0.564. The number of ether oxygens (including phenoxy) is 3. The fraction of sp³-hybridized carbons (Fsp3) is 0.235. The molecule has 0 saturated carbocycles. The van der Waals surface area contributed by atoms with Crippen LogP contribution in [-0.4, -0.2) is 42.3 Å². The van der Waals surface area contributed by atoms with E-state index in [0.29, 0.717) is 5.75 Å². The molecule has 0 aliphatic rings. The van der Waals surface area contributed by atoms with Crippen LogP contribution in [0.4, 0.5) is 10.1 Å². The minimum absolute atomic E-state index is 0.164. The van der Waals surface area contributed by atoms with Gasteiger partial charge in [0.15, 0.2) is 11.5 Å². The Balaban J connectivity index is 2.56. The molecule has 7 nitrogen and oxygen atoms in total. The van der Waals surface area contributed by atoms with Gasteiger partial charge in [0, 0.05) is 6.07 Å². The smallest absolute Gasteiger partial charge is 0.326 e. The molecule has 0 fully saturated rings. The topological polar surface area (TPSA) is 82.1 Å². The number of methoxy groups -OCH3 is 3. The monoisotopic (exact) mass is 383 g/mol. The van der Waals surface area contributed by atoms with Gasteiger partial charge in [-0.2, -0.15) is 0 Å². The Morgan fingerprint density at radius 3 is 2.15 bits per heavy atom. The summed E-state index contributed by atoms with van der Waals surface area (Å²) in [5.74, 6) is -0.650. The largest absolute Gasteiger partial charge is 0.493 e. The summed E-state index contributed by atoms with van der Waals surface area (Å²) < 4.78 is 54.8. The molecule has 0 heterocycles. The first kappa shape index (κ1) is 19.5. The number of carbonyl (C=O) groups is 1. The highest BCUT2D eigenvalue weighted by Crippen LogP contribution is 2.33. The number of esters is 1. The van der Waals surface area contributed by atoms with Crippen LogP contribution in [0.5, 0.6) is 11.5 Å². The van der Waals surface area contributed by atoms with Crippen molar-refractivity contribution >= 4 is 21.7 Å². The van der Waals surface area contributed by atoms with Gasteiger partial charge in [-0.05, 0) is 36.4 Å². The van der Waals surface area contributed by atoms with Crippen LogP contribution in [0.1, 0.15) is 0 Å². The second kappa shape index (κ2) is 8.05. The quantitative estimate of drug-likeness (QED) is 0.682. The van der Waals surface area contributed by atoms with E-state index in [4.69, 9.17) is 9.47 Å². The third-order valence-electron chi connectivity index (χ3n) is 3.56. The maximum Gasteiger partial charge on any atom is 0.326 e. The minimum atomic E-state index is -4.15. The zero-order valence-corrected chi connectivity index (χ0v) is 15.2. The van der Waals surface area contributed by atoms with E-state index in [1.165, 1.54) is 32.4 Å². The minimum Gasteiger partial charge on any atom is -0.493 e. The lowest BCUT2D eigenvalue weighted by Crippen LogP contribution is -2.36. The van der Waals surface area contributed by atoms with Crippen LogP contribution in [0.2, 0.25) is 0 Å². The van der Waals surface area contributed by atoms with Crippen LogP contribution < -0.4 is 13.8 Å². The van der Waals surface area contributed by atoms with Gasteiger partial charge in [0.05, 0.1) is 31.9 Å². The van der Waals surface area contributed by atoms with Gasteiger partial charge in [-0.15, -0.1) is 0 Å². The van der Waals surface area contributed by atoms with Crippen molar-refractivity contribution in [2.24, 2.45) is 0 Å². The molecule has 0 radical (unpaired) electrons. The number of hydrogen-bond acceptors (Lipinski definition) is 6. The van der Waals surface area contributed by atoms with Crippen LogP contribution in [0.15, 0.2) is 47.4 Å². The molecule has 9 heteroatoms. The first-order valence-corrected chi connectivity index (χ1v) is 8.84. The number of nitrogens with zero attached hydrogens (tertiary/aromatic N) is 1. The fourth-order valence-corrected chi connectivity index (χ4v) is 3.61. The van der Waals surface area contributed by atoms with E-state index in [2.05, 4.69) is 4.74 Å². The number of halogens is 1. The number of benzene rings is 2. The SMILES string of the molecule is COC(=O)CN(c1ccc(OC)c(OC)c1)S(=O)(=O)c1ccc(F)cc1. The predicted octanol–water partition coefficient (Wildman–Crippen LogP) is 2.21. The van der Waals surface area contributed by atoms with Crippen molar-refractivity contribution < 1.29 is 31.8 Å². The van der Waals surface area contributed by atoms with Crippen molar-refractivity contribution in [1.82, 2.24) is 0 Å². The lowest BCUT2D eigenvalue weighted by atomic mass is 10.2. The lowest BCUT2D eigenvalue weighted by Gasteiger charge is -2.24. The number of sulfonamides is 1. The van der Waals surface area contributed by atoms with Gasteiger partial charge in [-0.25, -0.2) is 12.8 Å². The van der Waals surface area contributed by atoms with E-state index in [1.807, 2.05) is 0 Å². The molecule has 0 aliphatic carbocycles. The molecule has 2 rings (SSSR count). The van der Waals surface area contributed by atoms with Crippen molar-refractivity contribution in [3.05, 3.63) is 48.3 Å². The average Bonchev–Trinajstić information content (AvgIpc) is 2.65. The highest BCUT2D eigenvalue weighted by molar-refractivity contribution is 7.92. The van der Waals surface area contributed by atoms with Crippen LogP contribution in [0.25, 0.3) is 0 Å². The highest BCUT2D eigenvalue weighted by Gasteiger charge is 2.28. The van der Waals surface area contributed by atoms with Crippen LogP contribution in [0, 0.1) is 5.82 Å². The summed E-state index contributed by atoms with van der Waals surface area (Å²) >= 11 is 0. The first-order valence-electron chi connectivity index (χ1n) is 7.40. The summed E-state index contributed by atoms with van der Waals surface area (Å²) in [6, 6.07) is 8.69. The molecule has 2 aromatic carbocycles. The Labute approximate surface area is 151 Å². The van der Waals surface area contributed by atoms with E-state index >= 15 is 0 Å². The van der Waals surface area contributed by atoms with Gasteiger partial charge < -0.3 is 14.2 Å². The van der Waals surface area contributed by atoms with Crippen LogP contribution >= 0.6 is 0 Å². The zero-order valence-electron chi connectivity index (χ0n) is 14.4. The normalized spacial score (nSPS) is 10.9. The molecule has 0 bridgehead atoms. The van der Waals surface area contributed by atoms with Gasteiger partial charge in [-0.1, -0.05) is 0 Å². The summed E-state index contributed by atoms with van der Waals surface area (Å²) in [4.78, 5) is 11.6. The molecule has 140 valence electrons. The van der Waals surface area contributed by atoms with Crippen molar-refractivity contribution in [2.45, 2.75) is 4.90 Å². The summed E-state index contributed by atoms with van der Waals surface area (Å²) in [6.07, 6.45) is 0. The Morgan fingerprint density at radius 1 is 1.00 bits per heavy atom. The maximum absolute atomic E-state index is 13.1. The Bertz CT molecular complexity index is 883. The molecule has 0 aromatic heterocycles. The van der Waals surface area contributed by atoms with Crippen molar-refractivity contribution in [1.29, 1.82) is 0 Å². The third-order valence-corrected chi connectivity index (χ3v) is 5.35. The van der Waals surface area contributed by atoms with E-state index in [9.17, 15) is 17.6 Å². The second-order valence-electron chi connectivity index (χ2n) is 5.08. The Morgan fingerprint density at radius 2 is 1.62 bits per heavy atom. The number of rotatable bonds is 7. The van der Waals surface area contributed by atoms with Crippen molar-refractivity contribution in [3.8, 4) is 11.5 Å². The number of anilines is 1. The predicted molar refractivity (Wildman–Crippen MR) is 92.5 cm³/mol. The fourth-order valence-electron chi connectivity index (χ4n) is 2.21.